The summed E-state index contributed by atoms with van der Waals surface area (Å²) in [7, 11) is -3.78. The van der Waals surface area contributed by atoms with Crippen LogP contribution in [0.2, 0.25) is 0 Å². The van der Waals surface area contributed by atoms with Crippen LogP contribution in [0.25, 0.3) is 0 Å². The average Bonchev–Trinajstić information content (AvgIpc) is 2.32. The maximum absolute atomic E-state index is 12.9. The van der Waals surface area contributed by atoms with Crippen LogP contribution in [0.4, 0.5) is 4.39 Å². The summed E-state index contributed by atoms with van der Waals surface area (Å²) in [5, 5.41) is 4.94. The highest BCUT2D eigenvalue weighted by Gasteiger charge is 2.09. The number of halogens is 2. The number of hydrogen-bond acceptors (Lipinski definition) is 4. The second kappa shape index (κ2) is 5.24. The molecule has 0 amide bonds. The monoisotopic (exact) mass is 346 g/mol. The summed E-state index contributed by atoms with van der Waals surface area (Å²) >= 11 is 3.14. The molecule has 2 N–H and O–H groups in total. The second-order valence-corrected chi connectivity index (χ2v) is 5.97. The molecule has 0 atom stereocenters. The van der Waals surface area contributed by atoms with E-state index in [1.807, 2.05) is 0 Å². The molecule has 100 valence electrons. The zero-order valence-electron chi connectivity index (χ0n) is 9.38. The molecule has 1 heterocycles. The van der Waals surface area contributed by atoms with Crippen molar-refractivity contribution in [2.75, 3.05) is 0 Å². The number of rotatable bonds is 3. The summed E-state index contributed by atoms with van der Waals surface area (Å²) in [5.74, 6) is 0.119. The van der Waals surface area contributed by atoms with Gasteiger partial charge in [0, 0.05) is 6.07 Å². The van der Waals surface area contributed by atoms with Gasteiger partial charge >= 0.3 is 0 Å². The van der Waals surface area contributed by atoms with Crippen LogP contribution < -0.4 is 9.88 Å². The van der Waals surface area contributed by atoms with E-state index in [0.29, 0.717) is 10.2 Å². The Morgan fingerprint density at radius 1 is 1.26 bits per heavy atom. The highest BCUT2D eigenvalue weighted by atomic mass is 79.9. The van der Waals surface area contributed by atoms with E-state index < -0.39 is 15.8 Å². The fraction of sp³-hybridized carbons (Fsp3) is 0. The van der Waals surface area contributed by atoms with E-state index in [-0.39, 0.29) is 10.8 Å². The van der Waals surface area contributed by atoms with Crippen molar-refractivity contribution in [3.8, 4) is 11.6 Å². The molecule has 0 unspecified atom stereocenters. The molecule has 0 radical (unpaired) electrons. The normalized spacial score (nSPS) is 11.3. The van der Waals surface area contributed by atoms with Crippen molar-refractivity contribution >= 4 is 26.0 Å². The summed E-state index contributed by atoms with van der Waals surface area (Å²) < 4.78 is 40.8. The Kier molecular flexibility index (Phi) is 3.83. The van der Waals surface area contributed by atoms with E-state index >= 15 is 0 Å². The predicted molar refractivity (Wildman–Crippen MR) is 69.8 cm³/mol. The molecule has 1 aromatic heterocycles. The molecule has 0 aliphatic carbocycles. The van der Waals surface area contributed by atoms with Crippen molar-refractivity contribution in [1.29, 1.82) is 0 Å². The van der Waals surface area contributed by atoms with Gasteiger partial charge in [0.25, 0.3) is 0 Å². The lowest BCUT2D eigenvalue weighted by Gasteiger charge is -2.07. The first-order chi connectivity index (χ1) is 8.86. The third-order valence-electron chi connectivity index (χ3n) is 2.15. The first-order valence-electron chi connectivity index (χ1n) is 4.98. The molecule has 19 heavy (non-hydrogen) atoms. The van der Waals surface area contributed by atoms with Gasteiger partial charge in [-0.15, -0.1) is 0 Å². The molecule has 2 aromatic rings. The number of ether oxygens (including phenoxy) is 1. The van der Waals surface area contributed by atoms with Gasteiger partial charge in [0.1, 0.15) is 16.5 Å². The number of nitrogens with zero attached hydrogens (tertiary/aromatic N) is 1. The number of sulfonamides is 1. The van der Waals surface area contributed by atoms with Gasteiger partial charge in [-0.05, 0) is 40.2 Å². The molecule has 0 spiro atoms. The van der Waals surface area contributed by atoms with Crippen molar-refractivity contribution in [3.63, 3.8) is 0 Å². The largest absolute Gasteiger partial charge is 0.438 e. The molecule has 0 bridgehead atoms. The number of aromatic nitrogens is 1. The average molecular weight is 347 g/mol. The Morgan fingerprint density at radius 2 is 2.00 bits per heavy atom. The SMILES string of the molecule is NS(=O)(=O)c1ccc(Oc2ccc(F)cc2Br)nc1. The van der Waals surface area contributed by atoms with Gasteiger partial charge in [-0.2, -0.15) is 0 Å². The Bertz CT molecular complexity index is 704. The molecule has 0 fully saturated rings. The number of hydrogen-bond donors (Lipinski definition) is 1. The summed E-state index contributed by atoms with van der Waals surface area (Å²) in [6, 6.07) is 6.53. The molecule has 2 rings (SSSR count). The summed E-state index contributed by atoms with van der Waals surface area (Å²) in [5.41, 5.74) is 0. The summed E-state index contributed by atoms with van der Waals surface area (Å²) in [6.07, 6.45) is 1.09. The van der Waals surface area contributed by atoms with Crippen LogP contribution in [-0.4, -0.2) is 13.4 Å². The van der Waals surface area contributed by atoms with Crippen LogP contribution in [-0.2, 0) is 10.0 Å². The zero-order chi connectivity index (χ0) is 14.0. The minimum Gasteiger partial charge on any atom is -0.438 e. The Labute approximate surface area is 117 Å². The van der Waals surface area contributed by atoms with Crippen LogP contribution in [0.1, 0.15) is 0 Å². The van der Waals surface area contributed by atoms with Gasteiger partial charge < -0.3 is 4.74 Å². The molecule has 0 aliphatic heterocycles. The molecular weight excluding hydrogens is 339 g/mol. The van der Waals surface area contributed by atoms with E-state index in [2.05, 4.69) is 20.9 Å². The van der Waals surface area contributed by atoms with Crippen molar-refractivity contribution in [1.82, 2.24) is 4.98 Å². The third-order valence-corrected chi connectivity index (χ3v) is 3.66. The quantitative estimate of drug-likeness (QED) is 0.925. The number of pyridine rings is 1. The smallest absolute Gasteiger partial charge is 0.239 e. The zero-order valence-corrected chi connectivity index (χ0v) is 11.8. The fourth-order valence-electron chi connectivity index (χ4n) is 1.27. The highest BCUT2D eigenvalue weighted by Crippen LogP contribution is 2.29. The molecule has 0 saturated heterocycles. The standard InChI is InChI=1S/C11H8BrFN2O3S/c12-9-5-7(13)1-3-10(9)18-11-4-2-8(6-15-11)19(14,16)17/h1-6H,(H2,14,16,17). The van der Waals surface area contributed by atoms with Crippen molar-refractivity contribution < 1.29 is 17.5 Å². The lowest BCUT2D eigenvalue weighted by molar-refractivity contribution is 0.457. The van der Waals surface area contributed by atoms with Crippen molar-refractivity contribution in [2.45, 2.75) is 4.90 Å². The highest BCUT2D eigenvalue weighted by molar-refractivity contribution is 9.10. The number of benzene rings is 1. The predicted octanol–water partition coefficient (Wildman–Crippen LogP) is 2.42. The molecule has 5 nitrogen and oxygen atoms in total. The number of nitrogens with two attached hydrogens (primary N) is 1. The summed E-state index contributed by atoms with van der Waals surface area (Å²) in [6.45, 7) is 0. The van der Waals surface area contributed by atoms with Crippen molar-refractivity contribution in [3.05, 3.63) is 46.8 Å². The second-order valence-electron chi connectivity index (χ2n) is 3.55. The molecule has 0 saturated carbocycles. The van der Waals surface area contributed by atoms with Crippen LogP contribution in [0, 0.1) is 5.82 Å². The Morgan fingerprint density at radius 3 is 2.53 bits per heavy atom. The topological polar surface area (TPSA) is 82.3 Å². The van der Waals surface area contributed by atoms with Crippen molar-refractivity contribution in [2.24, 2.45) is 5.14 Å². The molecule has 8 heteroatoms. The van der Waals surface area contributed by atoms with E-state index in [4.69, 9.17) is 9.88 Å². The lowest BCUT2D eigenvalue weighted by Crippen LogP contribution is -2.12. The van der Waals surface area contributed by atoms with Gasteiger partial charge in [0.05, 0.1) is 10.7 Å². The first kappa shape index (κ1) is 13.9. The number of primary sulfonamides is 1. The van der Waals surface area contributed by atoms with Crippen LogP contribution in [0.3, 0.4) is 0 Å². The molecule has 1 aromatic carbocycles. The van der Waals surface area contributed by atoms with Crippen LogP contribution >= 0.6 is 15.9 Å². The van der Waals surface area contributed by atoms with Crippen LogP contribution in [0.15, 0.2) is 45.9 Å². The minimum atomic E-state index is -3.78. The lowest BCUT2D eigenvalue weighted by atomic mass is 10.3. The van der Waals surface area contributed by atoms with Gasteiger partial charge in [-0.25, -0.2) is 22.9 Å². The van der Waals surface area contributed by atoms with E-state index in [1.165, 1.54) is 30.3 Å². The van der Waals surface area contributed by atoms with E-state index in [1.54, 1.807) is 0 Å². The van der Waals surface area contributed by atoms with E-state index in [9.17, 15) is 12.8 Å². The van der Waals surface area contributed by atoms with Gasteiger partial charge in [0.15, 0.2) is 0 Å². The third kappa shape index (κ3) is 3.49. The Hall–Kier alpha value is -1.51. The molecule has 0 aliphatic rings. The van der Waals surface area contributed by atoms with Crippen LogP contribution in [0.5, 0.6) is 11.6 Å². The first-order valence-corrected chi connectivity index (χ1v) is 7.32. The maximum atomic E-state index is 12.9. The fourth-order valence-corrected chi connectivity index (χ4v) is 2.16. The van der Waals surface area contributed by atoms with Gasteiger partial charge in [-0.3, -0.25) is 0 Å². The minimum absolute atomic E-state index is 0.113. The molecular formula is C11H8BrFN2O3S. The Balaban J connectivity index is 2.25. The maximum Gasteiger partial charge on any atom is 0.239 e. The van der Waals surface area contributed by atoms with E-state index in [0.717, 1.165) is 6.20 Å². The van der Waals surface area contributed by atoms with Gasteiger partial charge in [0.2, 0.25) is 15.9 Å². The van der Waals surface area contributed by atoms with Gasteiger partial charge in [-0.1, -0.05) is 0 Å². The summed E-state index contributed by atoms with van der Waals surface area (Å²) in [4.78, 5) is 3.70.